The number of nitro groups is 1. The molecule has 0 atom stereocenters. The third kappa shape index (κ3) is 3.33. The van der Waals surface area contributed by atoms with E-state index in [-0.39, 0.29) is 17.2 Å². The maximum atomic E-state index is 11.4. The van der Waals surface area contributed by atoms with Gasteiger partial charge in [0.25, 0.3) is 0 Å². The smallest absolute Gasteiger partial charge is 0.337 e. The van der Waals surface area contributed by atoms with Crippen LogP contribution in [0.15, 0.2) is 18.7 Å². The molecule has 0 aromatic carbocycles. The summed E-state index contributed by atoms with van der Waals surface area (Å²) in [6.45, 7) is 5.41. The van der Waals surface area contributed by atoms with Gasteiger partial charge in [-0.3, -0.25) is 14.8 Å². The number of nitrogens with zero attached hydrogens (tertiary/aromatic N) is 5. The third-order valence-electron chi connectivity index (χ3n) is 2.91. The fourth-order valence-electron chi connectivity index (χ4n) is 1.97. The number of nitrogens with one attached hydrogen (secondary N) is 1. The Hall–Kier alpha value is -2.51. The van der Waals surface area contributed by atoms with E-state index < -0.39 is 4.92 Å². The quantitative estimate of drug-likeness (QED) is 0.621. The van der Waals surface area contributed by atoms with Crippen LogP contribution in [0.4, 0.5) is 11.5 Å². The monoisotopic (exact) mass is 290 g/mol. The highest BCUT2D eigenvalue weighted by molar-refractivity contribution is 5.75. The first-order chi connectivity index (χ1) is 10.2. The zero-order chi connectivity index (χ0) is 15.2. The summed E-state index contributed by atoms with van der Waals surface area (Å²) in [7, 11) is 0. The van der Waals surface area contributed by atoms with Gasteiger partial charge in [0.1, 0.15) is 6.33 Å². The van der Waals surface area contributed by atoms with E-state index in [2.05, 4.69) is 20.4 Å². The second-order valence-corrected chi connectivity index (χ2v) is 4.60. The molecule has 2 rings (SSSR count). The number of aryl methyl sites for hydroxylation is 1. The summed E-state index contributed by atoms with van der Waals surface area (Å²) in [6.07, 6.45) is 6.48. The third-order valence-corrected chi connectivity index (χ3v) is 2.91. The number of hydrogen-bond donors (Lipinski definition) is 1. The lowest BCUT2D eigenvalue weighted by atomic mass is 10.2. The minimum absolute atomic E-state index is 0.109. The minimum atomic E-state index is -0.454. The summed E-state index contributed by atoms with van der Waals surface area (Å²) < 4.78 is 1.75. The van der Waals surface area contributed by atoms with E-state index in [1.807, 2.05) is 13.8 Å². The summed E-state index contributed by atoms with van der Waals surface area (Å²) in [5, 5.41) is 18.5. The molecule has 0 radical (unpaired) electrons. The Morgan fingerprint density at radius 2 is 2.14 bits per heavy atom. The summed E-state index contributed by atoms with van der Waals surface area (Å²) in [4.78, 5) is 19.0. The Kier molecular flexibility index (Phi) is 4.81. The lowest BCUT2D eigenvalue weighted by Crippen LogP contribution is -2.07. The van der Waals surface area contributed by atoms with Crippen LogP contribution in [0.2, 0.25) is 0 Å². The molecule has 8 nitrogen and oxygen atoms in total. The Morgan fingerprint density at radius 1 is 1.33 bits per heavy atom. The van der Waals surface area contributed by atoms with Crippen LogP contribution in [0.5, 0.6) is 0 Å². The van der Waals surface area contributed by atoms with Crippen molar-refractivity contribution in [2.75, 3.05) is 11.9 Å². The van der Waals surface area contributed by atoms with Crippen molar-refractivity contribution in [3.8, 4) is 11.3 Å². The van der Waals surface area contributed by atoms with E-state index in [1.54, 1.807) is 17.1 Å². The Morgan fingerprint density at radius 3 is 2.81 bits per heavy atom. The van der Waals surface area contributed by atoms with Crippen LogP contribution in [-0.2, 0) is 6.54 Å². The first-order valence-corrected chi connectivity index (χ1v) is 6.93. The first-order valence-electron chi connectivity index (χ1n) is 6.93. The molecule has 0 aliphatic rings. The predicted octanol–water partition coefficient (Wildman–Crippen LogP) is 2.48. The Bertz CT molecular complexity index is 625. The standard InChI is InChI=1S/C13H18N6O2/c1-3-5-14-13-12(19(20)21)11(15-9-16-13)10-7-17-18(8-10)6-4-2/h7-9H,3-6H2,1-2H3,(H,14,15,16). The molecule has 0 fully saturated rings. The van der Waals surface area contributed by atoms with Crippen LogP contribution in [0.3, 0.4) is 0 Å². The molecular formula is C13H18N6O2. The Balaban J connectivity index is 2.43. The highest BCUT2D eigenvalue weighted by Gasteiger charge is 2.24. The van der Waals surface area contributed by atoms with Crippen molar-refractivity contribution in [1.82, 2.24) is 19.7 Å². The zero-order valence-electron chi connectivity index (χ0n) is 12.1. The average molecular weight is 290 g/mol. The van der Waals surface area contributed by atoms with Gasteiger partial charge in [-0.1, -0.05) is 13.8 Å². The molecule has 0 bridgehead atoms. The molecule has 0 saturated heterocycles. The average Bonchev–Trinajstić information content (AvgIpc) is 2.93. The topological polar surface area (TPSA) is 98.8 Å². The highest BCUT2D eigenvalue weighted by Crippen LogP contribution is 2.32. The molecule has 2 aromatic rings. The zero-order valence-corrected chi connectivity index (χ0v) is 12.1. The van der Waals surface area contributed by atoms with Gasteiger partial charge in [0.15, 0.2) is 5.69 Å². The molecule has 0 unspecified atom stereocenters. The molecule has 2 aromatic heterocycles. The molecule has 0 aliphatic carbocycles. The van der Waals surface area contributed by atoms with Crippen LogP contribution in [0, 0.1) is 10.1 Å². The van der Waals surface area contributed by atoms with Crippen LogP contribution in [0.25, 0.3) is 11.3 Å². The molecule has 0 spiro atoms. The molecular weight excluding hydrogens is 272 g/mol. The van der Waals surface area contributed by atoms with Crippen molar-refractivity contribution in [2.45, 2.75) is 33.2 Å². The molecule has 0 aliphatic heterocycles. The summed E-state index contributed by atoms with van der Waals surface area (Å²) in [6, 6.07) is 0. The second kappa shape index (κ2) is 6.78. The molecule has 2 heterocycles. The lowest BCUT2D eigenvalue weighted by Gasteiger charge is -2.06. The summed E-state index contributed by atoms with van der Waals surface area (Å²) in [5.41, 5.74) is 0.801. The van der Waals surface area contributed by atoms with Crippen LogP contribution in [-0.4, -0.2) is 31.2 Å². The highest BCUT2D eigenvalue weighted by atomic mass is 16.6. The first kappa shape index (κ1) is 14.9. The second-order valence-electron chi connectivity index (χ2n) is 4.60. The van der Waals surface area contributed by atoms with Gasteiger partial charge in [0.2, 0.25) is 5.82 Å². The van der Waals surface area contributed by atoms with E-state index in [0.29, 0.717) is 12.1 Å². The summed E-state index contributed by atoms with van der Waals surface area (Å²) in [5.74, 6) is 0.245. The molecule has 0 amide bonds. The van der Waals surface area contributed by atoms with Gasteiger partial charge in [-0.25, -0.2) is 9.97 Å². The predicted molar refractivity (Wildman–Crippen MR) is 79.0 cm³/mol. The van der Waals surface area contributed by atoms with Crippen LogP contribution < -0.4 is 5.32 Å². The van der Waals surface area contributed by atoms with Crippen molar-refractivity contribution < 1.29 is 4.92 Å². The Labute approximate surface area is 122 Å². The number of rotatable bonds is 7. The van der Waals surface area contributed by atoms with Crippen molar-refractivity contribution in [3.63, 3.8) is 0 Å². The van der Waals surface area contributed by atoms with Crippen LogP contribution >= 0.6 is 0 Å². The SMILES string of the molecule is CCCNc1ncnc(-c2cnn(CCC)c2)c1[N+](=O)[O-]. The van der Waals surface area contributed by atoms with E-state index in [0.717, 1.165) is 19.4 Å². The maximum absolute atomic E-state index is 11.4. The van der Waals surface area contributed by atoms with Crippen molar-refractivity contribution in [3.05, 3.63) is 28.8 Å². The molecule has 0 saturated carbocycles. The number of aromatic nitrogens is 4. The normalized spacial score (nSPS) is 10.6. The van der Waals surface area contributed by atoms with Gasteiger partial charge in [-0.2, -0.15) is 5.10 Å². The van der Waals surface area contributed by atoms with E-state index in [9.17, 15) is 10.1 Å². The van der Waals surface area contributed by atoms with E-state index >= 15 is 0 Å². The fourth-order valence-corrected chi connectivity index (χ4v) is 1.97. The molecule has 21 heavy (non-hydrogen) atoms. The number of anilines is 1. The van der Waals surface area contributed by atoms with Crippen molar-refractivity contribution in [1.29, 1.82) is 0 Å². The van der Waals surface area contributed by atoms with Gasteiger partial charge in [0, 0.05) is 24.8 Å². The minimum Gasteiger partial charge on any atom is -0.364 e. The van der Waals surface area contributed by atoms with Crippen LogP contribution in [0.1, 0.15) is 26.7 Å². The van der Waals surface area contributed by atoms with Crippen molar-refractivity contribution >= 4 is 11.5 Å². The van der Waals surface area contributed by atoms with Gasteiger partial charge >= 0.3 is 5.69 Å². The number of hydrogen-bond acceptors (Lipinski definition) is 6. The maximum Gasteiger partial charge on any atom is 0.337 e. The molecule has 8 heteroatoms. The van der Waals surface area contributed by atoms with Gasteiger partial charge in [0.05, 0.1) is 11.1 Å². The van der Waals surface area contributed by atoms with Gasteiger partial charge in [-0.05, 0) is 12.8 Å². The van der Waals surface area contributed by atoms with Gasteiger partial charge in [-0.15, -0.1) is 0 Å². The van der Waals surface area contributed by atoms with Crippen molar-refractivity contribution in [2.24, 2.45) is 0 Å². The molecule has 112 valence electrons. The largest absolute Gasteiger partial charge is 0.364 e. The fraction of sp³-hybridized carbons (Fsp3) is 0.462. The van der Waals surface area contributed by atoms with Gasteiger partial charge < -0.3 is 5.32 Å². The molecule has 1 N–H and O–H groups in total. The van der Waals surface area contributed by atoms with E-state index in [1.165, 1.54) is 6.33 Å². The lowest BCUT2D eigenvalue weighted by molar-refractivity contribution is -0.383. The van der Waals surface area contributed by atoms with E-state index in [4.69, 9.17) is 0 Å². The summed E-state index contributed by atoms with van der Waals surface area (Å²) >= 11 is 0.